The Labute approximate surface area is 243 Å². The van der Waals surface area contributed by atoms with E-state index in [0.717, 1.165) is 43.8 Å². The zero-order valence-corrected chi connectivity index (χ0v) is 21.5. The van der Waals surface area contributed by atoms with Crippen molar-refractivity contribution >= 4 is 43.1 Å². The second-order valence-electron chi connectivity index (χ2n) is 9.95. The van der Waals surface area contributed by atoms with Gasteiger partial charge in [-0.15, -0.1) is 0 Å². The molecular formula is C40H26. The van der Waals surface area contributed by atoms with Crippen molar-refractivity contribution < 1.29 is 9.60 Å². The van der Waals surface area contributed by atoms with E-state index in [0.29, 0.717) is 5.56 Å². The topological polar surface area (TPSA) is 0 Å². The largest absolute Gasteiger partial charge is 0.0629 e. The summed E-state index contributed by atoms with van der Waals surface area (Å²) in [6.45, 7) is 0. The number of rotatable bonds is 3. The summed E-state index contributed by atoms with van der Waals surface area (Å²) in [4.78, 5) is 0. The number of fused-ring (bicyclic) bond motifs is 4. The van der Waals surface area contributed by atoms with Crippen molar-refractivity contribution in [3.63, 3.8) is 0 Å². The van der Waals surface area contributed by atoms with Crippen molar-refractivity contribution in [1.82, 2.24) is 0 Å². The third kappa shape index (κ3) is 3.54. The molecule has 0 heteroatoms. The number of hydrogen-bond acceptors (Lipinski definition) is 0. The molecule has 40 heavy (non-hydrogen) atoms. The van der Waals surface area contributed by atoms with E-state index in [1.807, 2.05) is 30.3 Å². The van der Waals surface area contributed by atoms with E-state index in [1.165, 1.54) is 10.8 Å². The van der Waals surface area contributed by atoms with Gasteiger partial charge in [0, 0.05) is 0 Å². The highest BCUT2D eigenvalue weighted by atomic mass is 14.2. The SMILES string of the molecule is [2H]c1c([2H])c([2H])c2c(-c3cccc(-c4c5ccccc5c(-c5cccc6ccccc56)c5ccccc45)c3)c([2H])c([2H])c([2H])c2c1[2H]. The molecule has 0 aliphatic carbocycles. The van der Waals surface area contributed by atoms with Crippen LogP contribution in [0.4, 0.5) is 0 Å². The van der Waals surface area contributed by atoms with Gasteiger partial charge >= 0.3 is 0 Å². The molecule has 0 heterocycles. The summed E-state index contributed by atoms with van der Waals surface area (Å²) < 4.78 is 59.9. The fraction of sp³-hybridized carbons (Fsp3) is 0. The lowest BCUT2D eigenvalue weighted by molar-refractivity contribution is 1.63. The molecule has 0 nitrogen and oxygen atoms in total. The maximum atomic E-state index is 8.91. The van der Waals surface area contributed by atoms with Crippen LogP contribution in [0.1, 0.15) is 9.60 Å². The van der Waals surface area contributed by atoms with Gasteiger partial charge in [-0.3, -0.25) is 0 Å². The fourth-order valence-corrected chi connectivity index (χ4v) is 6.03. The van der Waals surface area contributed by atoms with Crippen LogP contribution in [-0.4, -0.2) is 0 Å². The molecule has 8 rings (SSSR count). The smallest absolute Gasteiger partial charge is 0.0616 e. The van der Waals surface area contributed by atoms with Crippen LogP contribution in [-0.2, 0) is 0 Å². The summed E-state index contributed by atoms with van der Waals surface area (Å²) in [6.07, 6.45) is 0. The fourth-order valence-electron chi connectivity index (χ4n) is 6.03. The highest BCUT2D eigenvalue weighted by Crippen LogP contribution is 2.45. The molecule has 8 aromatic carbocycles. The third-order valence-electron chi connectivity index (χ3n) is 7.74. The second-order valence-corrected chi connectivity index (χ2v) is 9.95. The van der Waals surface area contributed by atoms with Crippen LogP contribution in [0.25, 0.3) is 76.5 Å². The van der Waals surface area contributed by atoms with E-state index in [4.69, 9.17) is 9.60 Å². The minimum Gasteiger partial charge on any atom is -0.0616 e. The van der Waals surface area contributed by atoms with Crippen LogP contribution in [0, 0.1) is 0 Å². The molecule has 0 spiro atoms. The lowest BCUT2D eigenvalue weighted by Crippen LogP contribution is -1.92. The van der Waals surface area contributed by atoms with E-state index in [2.05, 4.69) is 78.9 Å². The molecule has 0 N–H and O–H groups in total. The van der Waals surface area contributed by atoms with Gasteiger partial charge in [-0.2, -0.15) is 0 Å². The minimum absolute atomic E-state index is 0.0484. The molecular weight excluding hydrogens is 480 g/mol. The Kier molecular flexibility index (Phi) is 3.85. The van der Waals surface area contributed by atoms with Gasteiger partial charge in [0.25, 0.3) is 0 Å². The number of benzene rings is 8. The van der Waals surface area contributed by atoms with Crippen LogP contribution >= 0.6 is 0 Å². The monoisotopic (exact) mass is 513 g/mol. The van der Waals surface area contributed by atoms with Crippen molar-refractivity contribution in [2.24, 2.45) is 0 Å². The first-order chi connectivity index (χ1) is 22.8. The summed E-state index contributed by atoms with van der Waals surface area (Å²) in [5.74, 6) is 0. The van der Waals surface area contributed by atoms with Gasteiger partial charge < -0.3 is 0 Å². The Hall–Kier alpha value is -5.20. The maximum absolute atomic E-state index is 8.91. The normalized spacial score (nSPS) is 13.9. The van der Waals surface area contributed by atoms with Gasteiger partial charge in [-0.25, -0.2) is 0 Å². The number of hydrogen-bond donors (Lipinski definition) is 0. The molecule has 0 aliphatic rings. The maximum Gasteiger partial charge on any atom is 0.0629 e. The molecule has 0 aliphatic heterocycles. The van der Waals surface area contributed by atoms with E-state index in [9.17, 15) is 0 Å². The van der Waals surface area contributed by atoms with Gasteiger partial charge in [-0.1, -0.05) is 151 Å². The molecule has 0 radical (unpaired) electrons. The lowest BCUT2D eigenvalue weighted by Gasteiger charge is -2.19. The molecule has 0 saturated heterocycles. The predicted molar refractivity (Wildman–Crippen MR) is 173 cm³/mol. The Morgan fingerprint density at radius 2 is 0.925 bits per heavy atom. The summed E-state index contributed by atoms with van der Waals surface area (Å²) in [5.41, 5.74) is 4.93. The van der Waals surface area contributed by atoms with Gasteiger partial charge in [0.05, 0.1) is 9.60 Å². The van der Waals surface area contributed by atoms with Crippen LogP contribution in [0.15, 0.2) is 158 Å². The zero-order valence-electron chi connectivity index (χ0n) is 28.5. The van der Waals surface area contributed by atoms with Crippen LogP contribution in [0.3, 0.4) is 0 Å². The average molecular weight is 514 g/mol. The van der Waals surface area contributed by atoms with Crippen molar-refractivity contribution in [1.29, 1.82) is 0 Å². The van der Waals surface area contributed by atoms with E-state index < -0.39 is 12.1 Å². The third-order valence-corrected chi connectivity index (χ3v) is 7.74. The quantitative estimate of drug-likeness (QED) is 0.206. The average Bonchev–Trinajstić information content (AvgIpc) is 3.10. The standard InChI is InChI=1S/C40H26/c1-3-18-31-27(12-1)14-10-24-33(31)29-16-9-17-30(26-29)39-35-20-5-7-22-37(35)40(38-23-8-6-21-36(38)39)34-25-11-15-28-13-2-4-19-32(28)34/h1-26H/i1D,3D,10D,12D,14D,18D,24D. The highest BCUT2D eigenvalue weighted by molar-refractivity contribution is 6.23. The summed E-state index contributed by atoms with van der Waals surface area (Å²) >= 11 is 0. The molecule has 8 aromatic rings. The van der Waals surface area contributed by atoms with Gasteiger partial charge in [0.2, 0.25) is 0 Å². The van der Waals surface area contributed by atoms with Crippen LogP contribution in [0.2, 0.25) is 0 Å². The lowest BCUT2D eigenvalue weighted by atomic mass is 9.84. The van der Waals surface area contributed by atoms with E-state index >= 15 is 0 Å². The molecule has 0 bridgehead atoms. The van der Waals surface area contributed by atoms with Crippen molar-refractivity contribution in [3.05, 3.63) is 158 Å². The molecule has 0 atom stereocenters. The van der Waals surface area contributed by atoms with E-state index in [-0.39, 0.29) is 46.5 Å². The Bertz CT molecular complexity index is 2540. The Morgan fingerprint density at radius 3 is 1.70 bits per heavy atom. The predicted octanol–water partition coefficient (Wildman–Crippen LogP) is 11.3. The van der Waals surface area contributed by atoms with Gasteiger partial charge in [-0.05, 0) is 82.5 Å². The van der Waals surface area contributed by atoms with Gasteiger partial charge in [0.15, 0.2) is 0 Å². The first-order valence-electron chi connectivity index (χ1n) is 16.8. The molecule has 186 valence electrons. The Balaban J connectivity index is 1.47. The Morgan fingerprint density at radius 1 is 0.350 bits per heavy atom. The molecule has 0 amide bonds. The van der Waals surface area contributed by atoms with Crippen molar-refractivity contribution in [2.75, 3.05) is 0 Å². The van der Waals surface area contributed by atoms with Crippen molar-refractivity contribution in [3.8, 4) is 33.4 Å². The molecule has 0 saturated carbocycles. The highest BCUT2D eigenvalue weighted by Gasteiger charge is 2.18. The van der Waals surface area contributed by atoms with Crippen LogP contribution < -0.4 is 0 Å². The summed E-state index contributed by atoms with van der Waals surface area (Å²) in [6, 6.07) is 36.5. The summed E-state index contributed by atoms with van der Waals surface area (Å²) in [7, 11) is 0. The molecule has 0 fully saturated rings. The first-order valence-corrected chi connectivity index (χ1v) is 13.3. The van der Waals surface area contributed by atoms with Crippen LogP contribution in [0.5, 0.6) is 0 Å². The van der Waals surface area contributed by atoms with Crippen molar-refractivity contribution in [2.45, 2.75) is 0 Å². The minimum atomic E-state index is -0.461. The molecule has 0 aromatic heterocycles. The second kappa shape index (κ2) is 9.22. The van der Waals surface area contributed by atoms with Gasteiger partial charge in [0.1, 0.15) is 0 Å². The first kappa shape index (κ1) is 16.7. The summed E-state index contributed by atoms with van der Waals surface area (Å²) in [5, 5.41) is 6.65. The molecule has 0 unspecified atom stereocenters. The van der Waals surface area contributed by atoms with E-state index in [1.54, 1.807) is 6.07 Å². The zero-order chi connectivity index (χ0) is 32.6.